The highest BCUT2D eigenvalue weighted by Gasteiger charge is 2.34. The Bertz CT molecular complexity index is 574. The summed E-state index contributed by atoms with van der Waals surface area (Å²) in [6.07, 6.45) is -3.26. The molecule has 0 saturated heterocycles. The molecule has 2 aromatic heterocycles. The average Bonchev–Trinajstić information content (AvgIpc) is 2.71. The smallest absolute Gasteiger partial charge is 0.236 e. The maximum absolute atomic E-state index is 12.5. The lowest BCUT2D eigenvalue weighted by Gasteiger charge is -2.03. The number of hydrogen-bond acceptors (Lipinski definition) is 4. The Morgan fingerprint density at radius 3 is 2.50 bits per heavy atom. The summed E-state index contributed by atoms with van der Waals surface area (Å²) in [5.74, 6) is -0.0420. The zero-order valence-corrected chi connectivity index (χ0v) is 9.14. The molecule has 0 aliphatic carbocycles. The molecule has 0 saturated carbocycles. The van der Waals surface area contributed by atoms with E-state index in [2.05, 4.69) is 15.3 Å². The summed E-state index contributed by atoms with van der Waals surface area (Å²) in [6, 6.07) is 3.66. The second kappa shape index (κ2) is 4.21. The number of nitroso groups, excluding NO2 is 1. The molecule has 0 aromatic carbocycles. The Labute approximate surface area is 99.2 Å². The van der Waals surface area contributed by atoms with Gasteiger partial charge in [-0.3, -0.25) is 0 Å². The van der Waals surface area contributed by atoms with Gasteiger partial charge in [-0.15, -0.1) is 4.91 Å². The third kappa shape index (κ3) is 2.22. The van der Waals surface area contributed by atoms with E-state index in [1.54, 1.807) is 0 Å². The van der Waals surface area contributed by atoms with Crippen molar-refractivity contribution >= 4 is 5.82 Å². The van der Waals surface area contributed by atoms with Gasteiger partial charge in [0.05, 0.1) is 11.9 Å². The van der Waals surface area contributed by atoms with Gasteiger partial charge in [0.15, 0.2) is 11.5 Å². The number of pyridine rings is 1. The zero-order chi connectivity index (χ0) is 13.3. The van der Waals surface area contributed by atoms with Crippen LogP contribution in [0.5, 0.6) is 0 Å². The summed E-state index contributed by atoms with van der Waals surface area (Å²) in [6.45, 7) is 1.49. The van der Waals surface area contributed by atoms with Crippen molar-refractivity contribution in [3.05, 3.63) is 40.7 Å². The fourth-order valence-electron chi connectivity index (χ4n) is 1.43. The average molecular weight is 256 g/mol. The van der Waals surface area contributed by atoms with Crippen LogP contribution in [0.15, 0.2) is 29.6 Å². The first-order valence-electron chi connectivity index (χ1n) is 4.85. The number of nitrogens with zero attached hydrogens (tertiary/aromatic N) is 4. The molecule has 8 heteroatoms. The van der Waals surface area contributed by atoms with Gasteiger partial charge in [0.25, 0.3) is 0 Å². The SMILES string of the molecule is Cc1cc(C(F)(F)F)nn1-c1ccc(N=O)nc1. The fraction of sp³-hybridized carbons (Fsp3) is 0.200. The summed E-state index contributed by atoms with van der Waals surface area (Å²) in [7, 11) is 0. The van der Waals surface area contributed by atoms with Gasteiger partial charge in [0.2, 0.25) is 0 Å². The van der Waals surface area contributed by atoms with E-state index < -0.39 is 11.9 Å². The van der Waals surface area contributed by atoms with Gasteiger partial charge in [-0.2, -0.15) is 18.3 Å². The number of hydrogen-bond donors (Lipinski definition) is 0. The summed E-state index contributed by atoms with van der Waals surface area (Å²) >= 11 is 0. The summed E-state index contributed by atoms with van der Waals surface area (Å²) in [5, 5.41) is 6.05. The maximum atomic E-state index is 12.5. The molecule has 0 aliphatic heterocycles. The van der Waals surface area contributed by atoms with Crippen LogP contribution >= 0.6 is 0 Å². The van der Waals surface area contributed by atoms with Crippen LogP contribution in [0, 0.1) is 11.8 Å². The van der Waals surface area contributed by atoms with Crippen molar-refractivity contribution in [2.24, 2.45) is 5.18 Å². The van der Waals surface area contributed by atoms with Gasteiger partial charge >= 0.3 is 6.18 Å². The zero-order valence-electron chi connectivity index (χ0n) is 9.14. The minimum atomic E-state index is -4.49. The third-order valence-corrected chi connectivity index (χ3v) is 2.25. The van der Waals surface area contributed by atoms with Gasteiger partial charge in [-0.1, -0.05) is 0 Å². The summed E-state index contributed by atoms with van der Waals surface area (Å²) in [5.41, 5.74) is -0.330. The predicted octanol–water partition coefficient (Wildman–Crippen LogP) is 2.99. The Hall–Kier alpha value is -2.25. The normalized spacial score (nSPS) is 11.6. The van der Waals surface area contributed by atoms with Gasteiger partial charge in [0, 0.05) is 5.69 Å². The van der Waals surface area contributed by atoms with Crippen LogP contribution in [0.25, 0.3) is 5.69 Å². The molecule has 94 valence electrons. The lowest BCUT2D eigenvalue weighted by Crippen LogP contribution is -2.07. The molecule has 0 radical (unpaired) electrons. The van der Waals surface area contributed by atoms with E-state index in [1.807, 2.05) is 0 Å². The molecule has 0 unspecified atom stereocenters. The summed E-state index contributed by atoms with van der Waals surface area (Å²) in [4.78, 5) is 13.8. The van der Waals surface area contributed by atoms with E-state index in [0.29, 0.717) is 11.4 Å². The number of aromatic nitrogens is 3. The van der Waals surface area contributed by atoms with Crippen molar-refractivity contribution in [1.82, 2.24) is 14.8 Å². The lowest BCUT2D eigenvalue weighted by atomic mass is 10.3. The van der Waals surface area contributed by atoms with Crippen LogP contribution in [0.4, 0.5) is 19.0 Å². The van der Waals surface area contributed by atoms with Gasteiger partial charge in [-0.05, 0) is 30.3 Å². The van der Waals surface area contributed by atoms with Crippen molar-refractivity contribution in [3.63, 3.8) is 0 Å². The van der Waals surface area contributed by atoms with Crippen LogP contribution < -0.4 is 0 Å². The molecular weight excluding hydrogens is 249 g/mol. The lowest BCUT2D eigenvalue weighted by molar-refractivity contribution is -0.141. The van der Waals surface area contributed by atoms with Crippen LogP contribution in [0.2, 0.25) is 0 Å². The Morgan fingerprint density at radius 1 is 1.33 bits per heavy atom. The second-order valence-electron chi connectivity index (χ2n) is 3.55. The molecule has 0 amide bonds. The van der Waals surface area contributed by atoms with Crippen LogP contribution in [0.3, 0.4) is 0 Å². The van der Waals surface area contributed by atoms with Crippen LogP contribution in [0.1, 0.15) is 11.4 Å². The van der Waals surface area contributed by atoms with E-state index in [9.17, 15) is 18.1 Å². The molecule has 0 atom stereocenters. The van der Waals surface area contributed by atoms with E-state index in [-0.39, 0.29) is 5.82 Å². The predicted molar refractivity (Wildman–Crippen MR) is 56.6 cm³/mol. The molecule has 0 fully saturated rings. The maximum Gasteiger partial charge on any atom is 0.435 e. The van der Waals surface area contributed by atoms with E-state index in [0.717, 1.165) is 10.7 Å². The minimum absolute atomic E-state index is 0.0420. The van der Waals surface area contributed by atoms with E-state index in [1.165, 1.54) is 25.3 Å². The molecule has 5 nitrogen and oxygen atoms in total. The van der Waals surface area contributed by atoms with E-state index in [4.69, 9.17) is 0 Å². The van der Waals surface area contributed by atoms with E-state index >= 15 is 0 Å². The number of aryl methyl sites for hydroxylation is 1. The molecular formula is C10H7F3N4O. The van der Waals surface area contributed by atoms with Crippen LogP contribution in [-0.4, -0.2) is 14.8 Å². The molecule has 0 aliphatic rings. The van der Waals surface area contributed by atoms with Gasteiger partial charge in [-0.25, -0.2) is 9.67 Å². The fourth-order valence-corrected chi connectivity index (χ4v) is 1.43. The highest BCUT2D eigenvalue weighted by molar-refractivity contribution is 5.37. The van der Waals surface area contributed by atoms with Crippen molar-refractivity contribution in [2.45, 2.75) is 13.1 Å². The third-order valence-electron chi connectivity index (χ3n) is 2.25. The Balaban J connectivity index is 2.44. The monoisotopic (exact) mass is 256 g/mol. The Kier molecular flexibility index (Phi) is 2.85. The number of rotatable bonds is 2. The van der Waals surface area contributed by atoms with Gasteiger partial charge in [0.1, 0.15) is 0 Å². The number of halogens is 3. The molecule has 2 heterocycles. The topological polar surface area (TPSA) is 60.1 Å². The molecule has 18 heavy (non-hydrogen) atoms. The molecule has 0 spiro atoms. The first-order valence-corrected chi connectivity index (χ1v) is 4.85. The molecule has 2 rings (SSSR count). The largest absolute Gasteiger partial charge is 0.435 e. The van der Waals surface area contributed by atoms with Crippen molar-refractivity contribution in [1.29, 1.82) is 0 Å². The quantitative estimate of drug-likeness (QED) is 0.776. The second-order valence-corrected chi connectivity index (χ2v) is 3.55. The Morgan fingerprint density at radius 2 is 2.06 bits per heavy atom. The molecule has 0 N–H and O–H groups in total. The van der Waals surface area contributed by atoms with Crippen molar-refractivity contribution < 1.29 is 13.2 Å². The highest BCUT2D eigenvalue weighted by Crippen LogP contribution is 2.29. The number of alkyl halides is 3. The first kappa shape index (κ1) is 12.2. The molecule has 2 aromatic rings. The molecule has 0 bridgehead atoms. The summed E-state index contributed by atoms with van der Waals surface area (Å²) < 4.78 is 38.5. The van der Waals surface area contributed by atoms with Crippen molar-refractivity contribution in [2.75, 3.05) is 0 Å². The van der Waals surface area contributed by atoms with Gasteiger partial charge < -0.3 is 0 Å². The highest BCUT2D eigenvalue weighted by atomic mass is 19.4. The minimum Gasteiger partial charge on any atom is -0.236 e. The van der Waals surface area contributed by atoms with Crippen molar-refractivity contribution in [3.8, 4) is 5.69 Å². The first-order chi connectivity index (χ1) is 8.41. The standard InChI is InChI=1S/C10H7F3N4O/c1-6-4-8(10(11,12)13)15-17(6)7-2-3-9(16-18)14-5-7/h2-5H,1H3. The van der Waals surface area contributed by atoms with Crippen LogP contribution in [-0.2, 0) is 6.18 Å².